The summed E-state index contributed by atoms with van der Waals surface area (Å²) in [4.78, 5) is 13.5. The average Bonchev–Trinajstić information content (AvgIpc) is 2.94. The van der Waals surface area contributed by atoms with Crippen molar-refractivity contribution < 1.29 is 13.9 Å². The lowest BCUT2D eigenvalue weighted by molar-refractivity contribution is 0.0951. The number of nitrogens with one attached hydrogen (secondary N) is 1. The van der Waals surface area contributed by atoms with E-state index in [2.05, 4.69) is 5.43 Å². The number of nitrogen functional groups attached to an aromatic ring is 1. The van der Waals surface area contributed by atoms with Crippen LogP contribution in [0.25, 0.3) is 0 Å². The molecule has 20 heavy (non-hydrogen) atoms. The monoisotopic (exact) mass is 275 g/mol. The third-order valence-electron chi connectivity index (χ3n) is 3.00. The third-order valence-corrected chi connectivity index (χ3v) is 3.00. The first-order valence-electron chi connectivity index (χ1n) is 6.08. The molecule has 0 saturated carbocycles. The van der Waals surface area contributed by atoms with Crippen molar-refractivity contribution in [1.29, 1.82) is 0 Å². The average molecular weight is 275 g/mol. The van der Waals surface area contributed by atoms with Crippen molar-refractivity contribution in [3.8, 4) is 5.75 Å². The van der Waals surface area contributed by atoms with Crippen molar-refractivity contribution in [2.45, 2.75) is 6.54 Å². The van der Waals surface area contributed by atoms with E-state index in [0.29, 0.717) is 17.9 Å². The smallest absolute Gasteiger partial charge is 0.268 e. The fourth-order valence-electron chi connectivity index (χ4n) is 1.99. The van der Waals surface area contributed by atoms with Crippen molar-refractivity contribution in [2.24, 2.45) is 5.84 Å². The maximum Gasteiger partial charge on any atom is 0.268 e. The van der Waals surface area contributed by atoms with Gasteiger partial charge in [0.25, 0.3) is 5.91 Å². The lowest BCUT2D eigenvalue weighted by atomic mass is 10.2. The Morgan fingerprint density at radius 2 is 2.15 bits per heavy atom. The first kappa shape index (κ1) is 14.0. The highest BCUT2D eigenvalue weighted by Crippen LogP contribution is 2.28. The molecule has 6 heteroatoms. The highest BCUT2D eigenvalue weighted by atomic mass is 16.5. The lowest BCUT2D eigenvalue weighted by Crippen LogP contribution is -2.31. The van der Waals surface area contributed by atoms with Gasteiger partial charge in [0.05, 0.1) is 31.2 Å². The molecule has 1 heterocycles. The molecule has 0 aliphatic heterocycles. The zero-order valence-electron chi connectivity index (χ0n) is 11.4. The zero-order valence-corrected chi connectivity index (χ0v) is 11.4. The summed E-state index contributed by atoms with van der Waals surface area (Å²) in [5.41, 5.74) is 3.43. The van der Waals surface area contributed by atoms with E-state index >= 15 is 0 Å². The van der Waals surface area contributed by atoms with Gasteiger partial charge in [-0.05, 0) is 18.2 Å². The molecular formula is C14H17N3O3. The van der Waals surface area contributed by atoms with Gasteiger partial charge < -0.3 is 14.1 Å². The van der Waals surface area contributed by atoms with Crippen LogP contribution in [-0.4, -0.2) is 20.1 Å². The van der Waals surface area contributed by atoms with Crippen LogP contribution in [0.3, 0.4) is 0 Å². The largest absolute Gasteiger partial charge is 0.495 e. The van der Waals surface area contributed by atoms with Crippen LogP contribution in [-0.2, 0) is 6.54 Å². The predicted octanol–water partition coefficient (Wildman–Crippen LogP) is 1.53. The van der Waals surface area contributed by atoms with Crippen LogP contribution in [0.15, 0.2) is 41.0 Å². The Bertz CT molecular complexity index is 595. The molecule has 0 radical (unpaired) electrons. The number of furan rings is 1. The SMILES string of the molecule is COc1ccccc1N(C)Cc1occc1C(=O)NN. The number of anilines is 1. The molecule has 0 aliphatic carbocycles. The van der Waals surface area contributed by atoms with E-state index in [0.717, 1.165) is 11.4 Å². The second kappa shape index (κ2) is 6.12. The molecule has 0 fully saturated rings. The van der Waals surface area contributed by atoms with Crippen LogP contribution in [0.5, 0.6) is 5.75 Å². The molecular weight excluding hydrogens is 258 g/mol. The Kier molecular flexibility index (Phi) is 4.27. The summed E-state index contributed by atoms with van der Waals surface area (Å²) in [7, 11) is 3.51. The molecule has 0 spiro atoms. The van der Waals surface area contributed by atoms with Crippen LogP contribution in [0.1, 0.15) is 16.1 Å². The van der Waals surface area contributed by atoms with E-state index in [1.165, 1.54) is 6.26 Å². The van der Waals surface area contributed by atoms with Gasteiger partial charge in [0, 0.05) is 7.05 Å². The number of amides is 1. The summed E-state index contributed by atoms with van der Waals surface area (Å²) in [6.45, 7) is 0.427. The van der Waals surface area contributed by atoms with Crippen molar-refractivity contribution in [1.82, 2.24) is 5.43 Å². The lowest BCUT2D eigenvalue weighted by Gasteiger charge is -2.20. The van der Waals surface area contributed by atoms with E-state index in [1.54, 1.807) is 13.2 Å². The van der Waals surface area contributed by atoms with Gasteiger partial charge in [0.1, 0.15) is 11.5 Å². The molecule has 3 N–H and O–H groups in total. The van der Waals surface area contributed by atoms with Crippen molar-refractivity contribution in [2.75, 3.05) is 19.1 Å². The molecule has 2 rings (SSSR count). The van der Waals surface area contributed by atoms with Crippen LogP contribution in [0, 0.1) is 0 Å². The predicted molar refractivity (Wildman–Crippen MR) is 75.5 cm³/mol. The van der Waals surface area contributed by atoms with Gasteiger partial charge in [-0.2, -0.15) is 0 Å². The summed E-state index contributed by atoms with van der Waals surface area (Å²) in [5, 5.41) is 0. The number of carbonyl (C=O) groups excluding carboxylic acids is 1. The molecule has 0 unspecified atom stereocenters. The van der Waals surface area contributed by atoms with Crippen LogP contribution >= 0.6 is 0 Å². The molecule has 0 atom stereocenters. The summed E-state index contributed by atoms with van der Waals surface area (Å²) < 4.78 is 10.7. The number of hydrogen-bond donors (Lipinski definition) is 2. The molecule has 1 amide bonds. The van der Waals surface area contributed by atoms with Crippen molar-refractivity contribution >= 4 is 11.6 Å². The second-order valence-electron chi connectivity index (χ2n) is 4.26. The van der Waals surface area contributed by atoms with E-state index in [9.17, 15) is 4.79 Å². The molecule has 1 aromatic carbocycles. The Morgan fingerprint density at radius 3 is 2.85 bits per heavy atom. The summed E-state index contributed by atoms with van der Waals surface area (Å²) in [6.07, 6.45) is 1.47. The number of hydrogen-bond acceptors (Lipinski definition) is 5. The summed E-state index contributed by atoms with van der Waals surface area (Å²) in [5.74, 6) is 6.07. The number of nitrogens with two attached hydrogens (primary N) is 1. The minimum absolute atomic E-state index is 0.373. The van der Waals surface area contributed by atoms with E-state index in [1.807, 2.05) is 36.2 Å². The van der Waals surface area contributed by atoms with Crippen LogP contribution in [0.2, 0.25) is 0 Å². The van der Waals surface area contributed by atoms with Crippen molar-refractivity contribution in [3.63, 3.8) is 0 Å². The number of methoxy groups -OCH3 is 1. The fraction of sp³-hybridized carbons (Fsp3) is 0.214. The molecule has 1 aromatic heterocycles. The standard InChI is InChI=1S/C14H17N3O3/c1-17(11-5-3-4-6-12(11)19-2)9-13-10(7-8-20-13)14(18)16-15/h3-8H,9,15H2,1-2H3,(H,16,18). The highest BCUT2D eigenvalue weighted by Gasteiger charge is 2.16. The quantitative estimate of drug-likeness (QED) is 0.491. The van der Waals surface area contributed by atoms with Gasteiger partial charge in [-0.15, -0.1) is 0 Å². The Morgan fingerprint density at radius 1 is 1.40 bits per heavy atom. The number of carbonyl (C=O) groups is 1. The van der Waals surface area contributed by atoms with Gasteiger partial charge in [-0.25, -0.2) is 5.84 Å². The molecule has 2 aromatic rings. The molecule has 6 nitrogen and oxygen atoms in total. The zero-order chi connectivity index (χ0) is 14.5. The number of nitrogens with zero attached hydrogens (tertiary/aromatic N) is 1. The number of benzene rings is 1. The number of para-hydroxylation sites is 2. The third kappa shape index (κ3) is 2.75. The minimum atomic E-state index is -0.373. The molecule has 106 valence electrons. The topological polar surface area (TPSA) is 80.7 Å². The van der Waals surface area contributed by atoms with E-state index < -0.39 is 0 Å². The number of hydrazine groups is 1. The van der Waals surface area contributed by atoms with Crippen molar-refractivity contribution in [3.05, 3.63) is 47.9 Å². The maximum absolute atomic E-state index is 11.6. The Labute approximate surface area is 117 Å². The van der Waals surface area contributed by atoms with Gasteiger partial charge in [-0.3, -0.25) is 10.2 Å². The summed E-state index contributed by atoms with van der Waals surface area (Å²) in [6, 6.07) is 9.22. The molecule has 0 bridgehead atoms. The minimum Gasteiger partial charge on any atom is -0.495 e. The Balaban J connectivity index is 2.22. The van der Waals surface area contributed by atoms with Crippen LogP contribution in [0.4, 0.5) is 5.69 Å². The second-order valence-corrected chi connectivity index (χ2v) is 4.26. The van der Waals surface area contributed by atoms with Gasteiger partial charge in [0.2, 0.25) is 0 Å². The highest BCUT2D eigenvalue weighted by molar-refractivity contribution is 5.94. The first-order chi connectivity index (χ1) is 9.67. The Hall–Kier alpha value is -2.47. The van der Waals surface area contributed by atoms with Gasteiger partial charge in [0.15, 0.2) is 0 Å². The summed E-state index contributed by atoms with van der Waals surface area (Å²) >= 11 is 0. The van der Waals surface area contributed by atoms with Crippen LogP contribution < -0.4 is 20.9 Å². The van der Waals surface area contributed by atoms with E-state index in [-0.39, 0.29) is 5.91 Å². The number of ether oxygens (including phenoxy) is 1. The van der Waals surface area contributed by atoms with E-state index in [4.69, 9.17) is 15.0 Å². The molecule has 0 aliphatic rings. The fourth-order valence-corrected chi connectivity index (χ4v) is 1.99. The first-order valence-corrected chi connectivity index (χ1v) is 6.08. The molecule has 0 saturated heterocycles. The maximum atomic E-state index is 11.6. The van der Waals surface area contributed by atoms with Gasteiger partial charge in [-0.1, -0.05) is 12.1 Å². The normalized spacial score (nSPS) is 10.2. The number of rotatable bonds is 5. The van der Waals surface area contributed by atoms with Gasteiger partial charge >= 0.3 is 0 Å².